The fraction of sp³-hybridized carbons (Fsp3) is 0.500. The van der Waals surface area contributed by atoms with Gasteiger partial charge >= 0.3 is 0 Å². The monoisotopic (exact) mass is 605 g/mol. The van der Waals surface area contributed by atoms with E-state index in [4.69, 9.17) is 4.74 Å². The largest absolute Gasteiger partial charge is 0.492 e. The van der Waals surface area contributed by atoms with E-state index >= 15 is 0 Å². The minimum atomic E-state index is -0.437. The molecule has 1 aliphatic rings. The molecule has 2 atom stereocenters. The van der Waals surface area contributed by atoms with Crippen molar-refractivity contribution in [2.24, 2.45) is 5.10 Å². The molecule has 0 bridgehead atoms. The van der Waals surface area contributed by atoms with Gasteiger partial charge in [-0.15, -0.1) is 11.8 Å². The normalized spacial score (nSPS) is 14.4. The highest BCUT2D eigenvalue weighted by Gasteiger charge is 2.20. The van der Waals surface area contributed by atoms with Crippen molar-refractivity contribution in [3.05, 3.63) is 72.3 Å². The summed E-state index contributed by atoms with van der Waals surface area (Å²) in [5.74, 6) is 0.862. The van der Waals surface area contributed by atoms with E-state index in [-0.39, 0.29) is 11.9 Å². The zero-order valence-electron chi connectivity index (χ0n) is 26.7. The Balaban J connectivity index is 0.000000237. The summed E-state index contributed by atoms with van der Waals surface area (Å²) in [5, 5.41) is 22.5. The van der Waals surface area contributed by atoms with Crippen LogP contribution in [0.2, 0.25) is 0 Å². The van der Waals surface area contributed by atoms with Crippen molar-refractivity contribution in [1.82, 2.24) is 10.3 Å². The van der Waals surface area contributed by atoms with Crippen LogP contribution in [0.4, 0.5) is 0 Å². The predicted molar refractivity (Wildman–Crippen MR) is 182 cm³/mol. The molecule has 234 valence electrons. The van der Waals surface area contributed by atoms with Crippen molar-refractivity contribution >= 4 is 34.2 Å². The highest BCUT2D eigenvalue weighted by Crippen LogP contribution is 2.25. The number of carbonyl (C=O) groups is 1. The van der Waals surface area contributed by atoms with E-state index in [1.165, 1.54) is 53.8 Å². The van der Waals surface area contributed by atoms with Crippen LogP contribution >= 0.6 is 11.8 Å². The van der Waals surface area contributed by atoms with E-state index in [0.29, 0.717) is 24.8 Å². The number of hydrogen-bond acceptors (Lipinski definition) is 6. The van der Waals surface area contributed by atoms with Crippen molar-refractivity contribution in [3.63, 3.8) is 0 Å². The Hall–Kier alpha value is -2.87. The van der Waals surface area contributed by atoms with Crippen LogP contribution in [-0.2, 0) is 4.79 Å². The van der Waals surface area contributed by atoms with Gasteiger partial charge in [0.1, 0.15) is 12.4 Å². The number of rotatable bonds is 16. The summed E-state index contributed by atoms with van der Waals surface area (Å²) in [6.45, 7) is 12.5. The molecule has 2 N–H and O–H groups in total. The second kappa shape index (κ2) is 18.7. The van der Waals surface area contributed by atoms with Crippen LogP contribution in [0, 0.1) is 0 Å². The lowest BCUT2D eigenvalue weighted by molar-refractivity contribution is -0.129. The second-order valence-electron chi connectivity index (χ2n) is 11.6. The van der Waals surface area contributed by atoms with Gasteiger partial charge in [-0.2, -0.15) is 5.10 Å². The van der Waals surface area contributed by atoms with E-state index < -0.39 is 6.10 Å². The maximum atomic E-state index is 11.6. The molecule has 0 aliphatic carbocycles. The first-order chi connectivity index (χ1) is 20.8. The predicted octanol–water partition coefficient (Wildman–Crippen LogP) is 8.39. The number of nitrogens with one attached hydrogen (secondary N) is 1. The zero-order chi connectivity index (χ0) is 31.0. The van der Waals surface area contributed by atoms with Gasteiger partial charge in [0.2, 0.25) is 5.91 Å². The summed E-state index contributed by atoms with van der Waals surface area (Å²) in [6, 6.07) is 22.6. The van der Waals surface area contributed by atoms with Gasteiger partial charge < -0.3 is 15.2 Å². The summed E-state index contributed by atoms with van der Waals surface area (Å²) in [5.41, 5.74) is 1.86. The first-order valence-corrected chi connectivity index (χ1v) is 16.8. The molecule has 0 saturated carbocycles. The Morgan fingerprint density at radius 1 is 0.953 bits per heavy atom. The maximum absolute atomic E-state index is 11.6. The number of benzene rings is 3. The third kappa shape index (κ3) is 12.3. The molecule has 0 fully saturated rings. The first-order valence-electron chi connectivity index (χ1n) is 15.9. The molecule has 2 unspecified atom stereocenters. The molecule has 0 saturated heterocycles. The summed E-state index contributed by atoms with van der Waals surface area (Å²) in [7, 11) is 0. The van der Waals surface area contributed by atoms with Gasteiger partial charge in [-0.1, -0.05) is 95.3 Å². The van der Waals surface area contributed by atoms with E-state index in [0.717, 1.165) is 29.0 Å². The van der Waals surface area contributed by atoms with Crippen LogP contribution in [0.3, 0.4) is 0 Å². The molecule has 1 heterocycles. The topological polar surface area (TPSA) is 74.2 Å². The number of unbranched alkanes of at least 4 members (excludes halogenated alkanes) is 5. The summed E-state index contributed by atoms with van der Waals surface area (Å²) >= 11 is 1.85. The lowest BCUT2D eigenvalue weighted by Crippen LogP contribution is -2.32. The maximum Gasteiger partial charge on any atom is 0.248 e. The second-order valence-corrected chi connectivity index (χ2v) is 13.2. The van der Waals surface area contributed by atoms with Gasteiger partial charge in [0.25, 0.3) is 0 Å². The van der Waals surface area contributed by atoms with Crippen molar-refractivity contribution in [1.29, 1.82) is 0 Å². The molecular weight excluding hydrogens is 554 g/mol. The summed E-state index contributed by atoms with van der Waals surface area (Å²) < 4.78 is 5.70. The van der Waals surface area contributed by atoms with Gasteiger partial charge in [0.15, 0.2) is 0 Å². The number of aliphatic hydroxyl groups is 1. The molecular formula is C36H51N3O3S. The Bertz CT molecular complexity index is 1280. The van der Waals surface area contributed by atoms with E-state index in [2.05, 4.69) is 74.5 Å². The third-order valence-corrected chi connectivity index (χ3v) is 8.36. The average molecular weight is 606 g/mol. The number of ether oxygens (including phenoxy) is 1. The molecule has 4 rings (SSSR count). The van der Waals surface area contributed by atoms with Crippen molar-refractivity contribution < 1.29 is 14.6 Å². The number of carbonyl (C=O) groups excluding carboxylic acids is 1. The van der Waals surface area contributed by atoms with Crippen LogP contribution in [0.15, 0.2) is 76.7 Å². The van der Waals surface area contributed by atoms with Crippen LogP contribution in [0.5, 0.6) is 5.75 Å². The zero-order valence-corrected chi connectivity index (χ0v) is 27.5. The van der Waals surface area contributed by atoms with E-state index in [1.54, 1.807) is 0 Å². The standard InChI is InChI=1S/C20H35NOS.C16H16N2O2/c1-5-6-7-8-9-10-15-21-17(4)20(22)18-11-13-19(14-12-18)23-16(2)3;1-12-10-16(19)18(17-12)8-9-20-15-7-6-13-4-2-3-5-14(13)11-15/h11-14,16-17,20-22H,5-10,15H2,1-4H3;2-7,11H,8-10H2,1H3. The van der Waals surface area contributed by atoms with Gasteiger partial charge in [0.05, 0.1) is 19.1 Å². The molecule has 0 aromatic heterocycles. The molecule has 6 nitrogen and oxygen atoms in total. The number of aliphatic hydroxyl groups excluding tert-OH is 1. The third-order valence-electron chi connectivity index (χ3n) is 7.34. The van der Waals surface area contributed by atoms with Gasteiger partial charge in [-0.3, -0.25) is 4.79 Å². The van der Waals surface area contributed by atoms with E-state index in [9.17, 15) is 9.90 Å². The number of thioether (sulfide) groups is 1. The van der Waals surface area contributed by atoms with Crippen molar-refractivity contribution in [3.8, 4) is 5.75 Å². The minimum absolute atomic E-state index is 0.0459. The van der Waals surface area contributed by atoms with Gasteiger partial charge in [-0.25, -0.2) is 5.01 Å². The van der Waals surface area contributed by atoms with Crippen molar-refractivity contribution in [2.75, 3.05) is 19.7 Å². The Labute approximate surface area is 263 Å². The molecule has 0 radical (unpaired) electrons. The quantitative estimate of drug-likeness (QED) is 0.127. The SMILES string of the molecule is CC1=NN(CCOc2ccc3ccccc3c2)C(=O)C1.CCCCCCCCNC(C)C(O)c1ccc(SC(C)C)cc1. The fourth-order valence-electron chi connectivity index (χ4n) is 4.94. The average Bonchev–Trinajstić information content (AvgIpc) is 3.32. The molecule has 3 aromatic carbocycles. The molecule has 1 amide bonds. The molecule has 1 aliphatic heterocycles. The fourth-order valence-corrected chi connectivity index (χ4v) is 5.78. The number of nitrogens with zero attached hydrogens (tertiary/aromatic N) is 2. The van der Waals surface area contributed by atoms with Crippen LogP contribution in [-0.4, -0.2) is 52.7 Å². The smallest absolute Gasteiger partial charge is 0.248 e. The lowest BCUT2D eigenvalue weighted by atomic mass is 10.0. The van der Waals surface area contributed by atoms with Crippen molar-refractivity contribution in [2.45, 2.75) is 102 Å². The summed E-state index contributed by atoms with van der Waals surface area (Å²) in [4.78, 5) is 12.8. The highest BCUT2D eigenvalue weighted by molar-refractivity contribution is 7.99. The number of fused-ring (bicyclic) bond motifs is 1. The molecule has 7 heteroatoms. The number of hydrazone groups is 1. The molecule has 43 heavy (non-hydrogen) atoms. The first kappa shape index (κ1) is 34.6. The van der Waals surface area contributed by atoms with E-state index in [1.807, 2.05) is 49.0 Å². The van der Waals surface area contributed by atoms with Crippen LogP contribution in [0.25, 0.3) is 10.8 Å². The Morgan fingerprint density at radius 2 is 1.65 bits per heavy atom. The number of hydrogen-bond donors (Lipinski definition) is 2. The highest BCUT2D eigenvalue weighted by atomic mass is 32.2. The lowest BCUT2D eigenvalue weighted by Gasteiger charge is -2.21. The van der Waals surface area contributed by atoms with Crippen LogP contribution in [0.1, 0.15) is 91.2 Å². The Morgan fingerprint density at radius 3 is 2.33 bits per heavy atom. The Kier molecular flexibility index (Phi) is 15.1. The molecule has 0 spiro atoms. The summed E-state index contributed by atoms with van der Waals surface area (Å²) in [6.07, 6.45) is 7.83. The van der Waals surface area contributed by atoms with Gasteiger partial charge in [-0.05, 0) is 67.4 Å². The van der Waals surface area contributed by atoms with Crippen LogP contribution < -0.4 is 10.1 Å². The minimum Gasteiger partial charge on any atom is -0.492 e. The molecule has 3 aromatic rings. The van der Waals surface area contributed by atoms with Gasteiger partial charge in [0, 0.05) is 21.9 Å². The number of amides is 1.